The highest BCUT2D eigenvalue weighted by molar-refractivity contribution is 7.84. The molecule has 0 saturated heterocycles. The summed E-state index contributed by atoms with van der Waals surface area (Å²) in [6, 6.07) is 16.1. The molecule has 0 aliphatic heterocycles. The lowest BCUT2D eigenvalue weighted by atomic mass is 10.0. The Kier molecular flexibility index (Phi) is 5.32. The minimum atomic E-state index is -0.985. The van der Waals surface area contributed by atoms with Crippen LogP contribution in [0.3, 0.4) is 0 Å². The molecule has 0 spiro atoms. The van der Waals surface area contributed by atoms with Crippen molar-refractivity contribution in [3.8, 4) is 0 Å². The lowest BCUT2D eigenvalue weighted by Gasteiger charge is -2.20. The summed E-state index contributed by atoms with van der Waals surface area (Å²) >= 11 is 0. The van der Waals surface area contributed by atoms with Crippen LogP contribution in [-0.4, -0.2) is 9.46 Å². The molecular formula is C18H23NOS. The molecule has 2 rings (SSSR count). The number of hydrogen-bond donors (Lipinski definition) is 1. The monoisotopic (exact) mass is 301 g/mol. The molecule has 0 aliphatic carbocycles. The van der Waals surface area contributed by atoms with Crippen LogP contribution in [0, 0.1) is 13.8 Å². The van der Waals surface area contributed by atoms with E-state index in [0.29, 0.717) is 5.75 Å². The van der Waals surface area contributed by atoms with Crippen LogP contribution in [0.15, 0.2) is 48.5 Å². The SMILES string of the molecule is Cc1ccc(C(N)C(C)S(=O)Cc2cccc(C)c2)cc1. The third-order valence-corrected chi connectivity index (χ3v) is 5.51. The van der Waals surface area contributed by atoms with Crippen LogP contribution in [0.25, 0.3) is 0 Å². The van der Waals surface area contributed by atoms with Crippen LogP contribution in [0.2, 0.25) is 0 Å². The highest BCUT2D eigenvalue weighted by atomic mass is 32.2. The predicted octanol–water partition coefficient (Wildman–Crippen LogP) is 3.64. The Labute approximate surface area is 129 Å². The number of hydrogen-bond acceptors (Lipinski definition) is 2. The fraction of sp³-hybridized carbons (Fsp3) is 0.333. The van der Waals surface area contributed by atoms with Crippen molar-refractivity contribution in [1.29, 1.82) is 0 Å². The van der Waals surface area contributed by atoms with Crippen LogP contribution in [-0.2, 0) is 16.6 Å². The van der Waals surface area contributed by atoms with E-state index < -0.39 is 10.8 Å². The maximum atomic E-state index is 12.5. The van der Waals surface area contributed by atoms with Crippen LogP contribution in [0.5, 0.6) is 0 Å². The van der Waals surface area contributed by atoms with Gasteiger partial charge in [0.15, 0.2) is 0 Å². The first kappa shape index (κ1) is 15.9. The lowest BCUT2D eigenvalue weighted by Crippen LogP contribution is -2.28. The van der Waals surface area contributed by atoms with Crippen molar-refractivity contribution in [3.63, 3.8) is 0 Å². The lowest BCUT2D eigenvalue weighted by molar-refractivity contribution is 0.642. The van der Waals surface area contributed by atoms with E-state index in [-0.39, 0.29) is 11.3 Å². The third kappa shape index (κ3) is 4.26. The summed E-state index contributed by atoms with van der Waals surface area (Å²) in [4.78, 5) is 0. The Morgan fingerprint density at radius 1 is 1.05 bits per heavy atom. The van der Waals surface area contributed by atoms with Gasteiger partial charge in [-0.2, -0.15) is 0 Å². The second kappa shape index (κ2) is 7.01. The molecule has 21 heavy (non-hydrogen) atoms. The van der Waals surface area contributed by atoms with Gasteiger partial charge in [-0.3, -0.25) is 4.21 Å². The Balaban J connectivity index is 2.06. The van der Waals surface area contributed by atoms with Gasteiger partial charge in [-0.25, -0.2) is 0 Å². The summed E-state index contributed by atoms with van der Waals surface area (Å²) in [5.74, 6) is 0.558. The molecule has 0 fully saturated rings. The van der Waals surface area contributed by atoms with Crippen molar-refractivity contribution in [2.24, 2.45) is 5.73 Å². The highest BCUT2D eigenvalue weighted by Gasteiger charge is 2.21. The molecule has 0 aliphatic rings. The van der Waals surface area contributed by atoms with Gasteiger partial charge in [0, 0.05) is 22.6 Å². The van der Waals surface area contributed by atoms with E-state index in [1.165, 1.54) is 11.1 Å². The van der Waals surface area contributed by atoms with E-state index >= 15 is 0 Å². The Morgan fingerprint density at radius 2 is 1.71 bits per heavy atom. The predicted molar refractivity (Wildman–Crippen MR) is 90.6 cm³/mol. The van der Waals surface area contributed by atoms with Gasteiger partial charge in [-0.1, -0.05) is 59.7 Å². The van der Waals surface area contributed by atoms with Crippen molar-refractivity contribution in [3.05, 3.63) is 70.8 Å². The average molecular weight is 301 g/mol. The van der Waals surface area contributed by atoms with Gasteiger partial charge in [0.2, 0.25) is 0 Å². The quantitative estimate of drug-likeness (QED) is 0.916. The van der Waals surface area contributed by atoms with Crippen LogP contribution in [0.4, 0.5) is 0 Å². The standard InChI is InChI=1S/C18H23NOS/c1-13-7-9-17(10-8-13)18(19)15(3)21(20)12-16-6-4-5-14(2)11-16/h4-11,15,18H,12,19H2,1-3H3. The maximum absolute atomic E-state index is 12.5. The smallest absolute Gasteiger partial charge is 0.0516 e. The Morgan fingerprint density at radius 3 is 2.33 bits per heavy atom. The number of nitrogens with two attached hydrogens (primary N) is 1. The Hall–Kier alpha value is -1.45. The zero-order valence-electron chi connectivity index (χ0n) is 12.9. The molecule has 2 N–H and O–H groups in total. The molecule has 2 nitrogen and oxygen atoms in total. The molecule has 3 atom stereocenters. The first-order valence-corrected chi connectivity index (χ1v) is 8.60. The normalized spacial score (nSPS) is 15.4. The molecule has 0 aromatic heterocycles. The van der Waals surface area contributed by atoms with Crippen molar-refractivity contribution < 1.29 is 4.21 Å². The minimum Gasteiger partial charge on any atom is -0.323 e. The molecular weight excluding hydrogens is 278 g/mol. The largest absolute Gasteiger partial charge is 0.323 e. The summed E-state index contributed by atoms with van der Waals surface area (Å²) in [7, 11) is -0.985. The Bertz CT molecular complexity index is 621. The van der Waals surface area contributed by atoms with Crippen LogP contribution in [0.1, 0.15) is 35.2 Å². The molecule has 112 valence electrons. The summed E-state index contributed by atoms with van der Waals surface area (Å²) in [6.07, 6.45) is 0. The molecule has 0 amide bonds. The number of rotatable bonds is 5. The molecule has 3 heteroatoms. The number of benzene rings is 2. The molecule has 0 radical (unpaired) electrons. The summed E-state index contributed by atoms with van der Waals surface area (Å²) in [5.41, 5.74) is 10.8. The summed E-state index contributed by atoms with van der Waals surface area (Å²) in [5, 5.41) is -0.0757. The van der Waals surface area contributed by atoms with Gasteiger partial charge in [-0.15, -0.1) is 0 Å². The third-order valence-electron chi connectivity index (χ3n) is 3.77. The fourth-order valence-electron chi connectivity index (χ4n) is 2.32. The zero-order valence-corrected chi connectivity index (χ0v) is 13.7. The van der Waals surface area contributed by atoms with Gasteiger partial charge in [-0.05, 0) is 31.9 Å². The van der Waals surface area contributed by atoms with E-state index in [9.17, 15) is 4.21 Å². The average Bonchev–Trinajstić information content (AvgIpc) is 2.46. The van der Waals surface area contributed by atoms with Crippen molar-refractivity contribution in [1.82, 2.24) is 0 Å². The van der Waals surface area contributed by atoms with Gasteiger partial charge < -0.3 is 5.73 Å². The molecule has 0 saturated carbocycles. The first-order chi connectivity index (χ1) is 9.97. The van der Waals surface area contributed by atoms with Crippen LogP contribution < -0.4 is 5.73 Å². The topological polar surface area (TPSA) is 43.1 Å². The molecule has 0 bridgehead atoms. The first-order valence-electron chi connectivity index (χ1n) is 7.22. The van der Waals surface area contributed by atoms with E-state index in [0.717, 1.165) is 11.1 Å². The highest BCUT2D eigenvalue weighted by Crippen LogP contribution is 2.21. The molecule has 3 unspecified atom stereocenters. The minimum absolute atomic E-state index is 0.0757. The van der Waals surface area contributed by atoms with Crippen LogP contribution >= 0.6 is 0 Å². The second-order valence-electron chi connectivity index (χ2n) is 5.66. The molecule has 0 heterocycles. The summed E-state index contributed by atoms with van der Waals surface area (Å²) < 4.78 is 12.5. The zero-order chi connectivity index (χ0) is 15.4. The van der Waals surface area contributed by atoms with Gasteiger partial charge in [0.25, 0.3) is 0 Å². The van der Waals surface area contributed by atoms with Crippen molar-refractivity contribution in [2.45, 2.75) is 37.8 Å². The van der Waals surface area contributed by atoms with Crippen molar-refractivity contribution in [2.75, 3.05) is 0 Å². The second-order valence-corrected chi connectivity index (χ2v) is 7.45. The molecule has 2 aromatic rings. The van der Waals surface area contributed by atoms with Crippen molar-refractivity contribution >= 4 is 10.8 Å². The van der Waals surface area contributed by atoms with Gasteiger partial charge in [0.05, 0.1) is 5.25 Å². The molecule has 2 aromatic carbocycles. The van der Waals surface area contributed by atoms with E-state index in [1.807, 2.05) is 56.3 Å². The summed E-state index contributed by atoms with van der Waals surface area (Å²) in [6.45, 7) is 6.07. The van der Waals surface area contributed by atoms with E-state index in [2.05, 4.69) is 13.0 Å². The maximum Gasteiger partial charge on any atom is 0.0516 e. The van der Waals surface area contributed by atoms with Gasteiger partial charge >= 0.3 is 0 Å². The number of aryl methyl sites for hydroxylation is 2. The fourth-order valence-corrected chi connectivity index (χ4v) is 3.58. The van der Waals surface area contributed by atoms with E-state index in [1.54, 1.807) is 0 Å². The van der Waals surface area contributed by atoms with Gasteiger partial charge in [0.1, 0.15) is 0 Å². The van der Waals surface area contributed by atoms with E-state index in [4.69, 9.17) is 5.73 Å².